The van der Waals surface area contributed by atoms with E-state index in [-0.39, 0.29) is 5.82 Å². The quantitative estimate of drug-likeness (QED) is 0.697. The third-order valence-corrected chi connectivity index (χ3v) is 2.54. The van der Waals surface area contributed by atoms with Gasteiger partial charge in [0.25, 0.3) is 0 Å². The Balaban J connectivity index is 2.22. The van der Waals surface area contributed by atoms with Crippen LogP contribution in [0, 0.1) is 5.82 Å². The maximum Gasteiger partial charge on any atom is 0.147 e. The first-order chi connectivity index (χ1) is 6.77. The highest BCUT2D eigenvalue weighted by atomic mass is 35.5. The number of rotatable bonds is 1. The van der Waals surface area contributed by atoms with Crippen molar-refractivity contribution in [2.75, 3.05) is 31.1 Å². The minimum atomic E-state index is -0.251. The molecule has 0 atom stereocenters. The molecule has 0 aromatic heterocycles. The fourth-order valence-corrected chi connectivity index (χ4v) is 1.74. The second kappa shape index (κ2) is 4.15. The van der Waals surface area contributed by atoms with Gasteiger partial charge in [0.2, 0.25) is 0 Å². The Bertz CT molecular complexity index is 324. The Hall–Kier alpha value is -0.800. The number of piperazine rings is 1. The summed E-state index contributed by atoms with van der Waals surface area (Å²) < 4.78 is 13.5. The van der Waals surface area contributed by atoms with E-state index in [1.807, 2.05) is 4.90 Å². The molecule has 0 bridgehead atoms. The molecule has 1 aliphatic rings. The number of nitrogens with zero attached hydrogens (tertiary/aromatic N) is 2. The lowest BCUT2D eigenvalue weighted by atomic mass is 10.2. The normalized spacial score (nSPS) is 17.1. The molecule has 1 aliphatic heterocycles. The van der Waals surface area contributed by atoms with Gasteiger partial charge in [-0.05, 0) is 18.2 Å². The second-order valence-electron chi connectivity index (χ2n) is 3.25. The average Bonchev–Trinajstić information content (AvgIpc) is 2.19. The van der Waals surface area contributed by atoms with Gasteiger partial charge in [-0.3, -0.25) is 0 Å². The zero-order valence-electron chi connectivity index (χ0n) is 7.71. The monoisotopic (exact) mass is 213 g/mol. The standard InChI is InChI=1S/C10H11ClFN2/c11-8-1-2-10(9(12)7-8)14-5-3-13-4-6-14/h1-2,7H,3-6H2. The summed E-state index contributed by atoms with van der Waals surface area (Å²) in [5.74, 6) is -0.251. The van der Waals surface area contributed by atoms with Gasteiger partial charge in [-0.2, -0.15) is 0 Å². The molecule has 0 N–H and O–H groups in total. The van der Waals surface area contributed by atoms with Gasteiger partial charge in [0.05, 0.1) is 5.69 Å². The zero-order valence-corrected chi connectivity index (χ0v) is 8.47. The molecular weight excluding hydrogens is 203 g/mol. The lowest BCUT2D eigenvalue weighted by Gasteiger charge is -2.28. The lowest BCUT2D eigenvalue weighted by molar-refractivity contribution is 0.559. The van der Waals surface area contributed by atoms with E-state index in [0.29, 0.717) is 10.7 Å². The first-order valence-corrected chi connectivity index (χ1v) is 4.98. The molecule has 0 saturated carbocycles. The molecule has 1 radical (unpaired) electrons. The summed E-state index contributed by atoms with van der Waals surface area (Å²) in [6, 6.07) is 4.79. The predicted octanol–water partition coefficient (Wildman–Crippen LogP) is 1.90. The van der Waals surface area contributed by atoms with Crippen LogP contribution in [-0.2, 0) is 0 Å². The Labute approximate surface area is 87.7 Å². The average molecular weight is 214 g/mol. The molecule has 2 rings (SSSR count). The molecular formula is C10H11ClFN2. The van der Waals surface area contributed by atoms with Crippen LogP contribution in [0.3, 0.4) is 0 Å². The molecule has 0 aliphatic carbocycles. The molecule has 1 fully saturated rings. The molecule has 1 saturated heterocycles. The number of hydrogen-bond donors (Lipinski definition) is 0. The van der Waals surface area contributed by atoms with Gasteiger partial charge in [0.1, 0.15) is 5.82 Å². The van der Waals surface area contributed by atoms with Crippen molar-refractivity contribution in [3.63, 3.8) is 0 Å². The van der Waals surface area contributed by atoms with Gasteiger partial charge in [0, 0.05) is 31.2 Å². The van der Waals surface area contributed by atoms with Crippen molar-refractivity contribution in [1.29, 1.82) is 0 Å². The van der Waals surface area contributed by atoms with Crippen LogP contribution in [0.5, 0.6) is 0 Å². The molecule has 2 nitrogen and oxygen atoms in total. The molecule has 0 unspecified atom stereocenters. The lowest BCUT2D eigenvalue weighted by Crippen LogP contribution is -2.40. The molecule has 1 aromatic rings. The molecule has 1 heterocycles. The maximum absolute atomic E-state index is 13.5. The Kier molecular flexibility index (Phi) is 2.89. The Morgan fingerprint density at radius 3 is 2.64 bits per heavy atom. The third kappa shape index (κ3) is 1.99. The Morgan fingerprint density at radius 2 is 2.00 bits per heavy atom. The summed E-state index contributed by atoms with van der Waals surface area (Å²) in [7, 11) is 0. The van der Waals surface area contributed by atoms with Gasteiger partial charge in [0.15, 0.2) is 0 Å². The molecule has 14 heavy (non-hydrogen) atoms. The van der Waals surface area contributed by atoms with Crippen molar-refractivity contribution in [2.45, 2.75) is 0 Å². The number of halogens is 2. The van der Waals surface area contributed by atoms with E-state index in [2.05, 4.69) is 5.32 Å². The van der Waals surface area contributed by atoms with Crippen LogP contribution in [0.15, 0.2) is 18.2 Å². The second-order valence-corrected chi connectivity index (χ2v) is 3.69. The minimum Gasteiger partial charge on any atom is -0.366 e. The minimum absolute atomic E-state index is 0.251. The fourth-order valence-electron chi connectivity index (χ4n) is 1.59. The fraction of sp³-hybridized carbons (Fsp3) is 0.400. The van der Waals surface area contributed by atoms with E-state index in [1.54, 1.807) is 12.1 Å². The highest BCUT2D eigenvalue weighted by molar-refractivity contribution is 6.30. The van der Waals surface area contributed by atoms with Crippen LogP contribution in [-0.4, -0.2) is 26.2 Å². The van der Waals surface area contributed by atoms with Crippen LogP contribution in [0.2, 0.25) is 5.02 Å². The maximum atomic E-state index is 13.5. The SMILES string of the molecule is Fc1cc(Cl)ccc1N1CC[N]CC1. The summed E-state index contributed by atoms with van der Waals surface area (Å²) in [5, 5.41) is 4.65. The van der Waals surface area contributed by atoms with Gasteiger partial charge in [-0.25, -0.2) is 9.71 Å². The van der Waals surface area contributed by atoms with Crippen LogP contribution >= 0.6 is 11.6 Å². The number of anilines is 1. The smallest absolute Gasteiger partial charge is 0.147 e. The van der Waals surface area contributed by atoms with Crippen LogP contribution in [0.1, 0.15) is 0 Å². The number of benzene rings is 1. The van der Waals surface area contributed by atoms with Gasteiger partial charge in [-0.15, -0.1) is 0 Å². The van der Waals surface area contributed by atoms with E-state index in [0.717, 1.165) is 26.2 Å². The molecule has 1 aromatic carbocycles. The largest absolute Gasteiger partial charge is 0.366 e. The van der Waals surface area contributed by atoms with Crippen molar-refractivity contribution >= 4 is 17.3 Å². The molecule has 4 heteroatoms. The highest BCUT2D eigenvalue weighted by Gasteiger charge is 2.14. The molecule has 0 amide bonds. The summed E-state index contributed by atoms with van der Waals surface area (Å²) in [6.07, 6.45) is 0. The highest BCUT2D eigenvalue weighted by Crippen LogP contribution is 2.22. The van der Waals surface area contributed by atoms with E-state index < -0.39 is 0 Å². The van der Waals surface area contributed by atoms with Crippen molar-refractivity contribution in [3.05, 3.63) is 29.0 Å². The predicted molar refractivity (Wildman–Crippen MR) is 55.5 cm³/mol. The summed E-state index contributed by atoms with van der Waals surface area (Å²) in [5.41, 5.74) is 0.629. The third-order valence-electron chi connectivity index (χ3n) is 2.31. The van der Waals surface area contributed by atoms with Crippen molar-refractivity contribution in [2.24, 2.45) is 0 Å². The molecule has 75 valence electrons. The van der Waals surface area contributed by atoms with Crippen LogP contribution in [0.25, 0.3) is 0 Å². The van der Waals surface area contributed by atoms with Crippen molar-refractivity contribution in [3.8, 4) is 0 Å². The van der Waals surface area contributed by atoms with Crippen molar-refractivity contribution in [1.82, 2.24) is 5.32 Å². The van der Waals surface area contributed by atoms with Crippen LogP contribution in [0.4, 0.5) is 10.1 Å². The summed E-state index contributed by atoms with van der Waals surface area (Å²) >= 11 is 5.68. The van der Waals surface area contributed by atoms with E-state index in [9.17, 15) is 4.39 Å². The van der Waals surface area contributed by atoms with Gasteiger partial charge in [-0.1, -0.05) is 11.6 Å². The van der Waals surface area contributed by atoms with Gasteiger partial charge >= 0.3 is 0 Å². The van der Waals surface area contributed by atoms with Gasteiger partial charge < -0.3 is 4.90 Å². The summed E-state index contributed by atoms with van der Waals surface area (Å²) in [6.45, 7) is 3.14. The summed E-state index contributed by atoms with van der Waals surface area (Å²) in [4.78, 5) is 2.00. The first kappa shape index (κ1) is 9.74. The van der Waals surface area contributed by atoms with Crippen LogP contribution < -0.4 is 10.2 Å². The van der Waals surface area contributed by atoms with E-state index in [1.165, 1.54) is 6.07 Å². The molecule has 0 spiro atoms. The Morgan fingerprint density at radius 1 is 1.29 bits per heavy atom. The topological polar surface area (TPSA) is 17.3 Å². The van der Waals surface area contributed by atoms with E-state index >= 15 is 0 Å². The van der Waals surface area contributed by atoms with E-state index in [4.69, 9.17) is 11.6 Å². The first-order valence-electron chi connectivity index (χ1n) is 4.60. The van der Waals surface area contributed by atoms with Crippen molar-refractivity contribution < 1.29 is 4.39 Å². The zero-order chi connectivity index (χ0) is 9.97. The number of hydrogen-bond acceptors (Lipinski definition) is 1.